The molecule has 2 heteroatoms. The van der Waals surface area contributed by atoms with Gasteiger partial charge in [0.2, 0.25) is 0 Å². The molecule has 0 heterocycles. The van der Waals surface area contributed by atoms with E-state index in [1.807, 2.05) is 26.0 Å². The highest BCUT2D eigenvalue weighted by atomic mass is 16.5. The largest absolute Gasteiger partial charge is 0.496 e. The van der Waals surface area contributed by atoms with Gasteiger partial charge in [0.15, 0.2) is 0 Å². The maximum absolute atomic E-state index is 8.59. The van der Waals surface area contributed by atoms with E-state index in [-0.39, 0.29) is 0 Å². The molecule has 13 heavy (non-hydrogen) atoms. The summed E-state index contributed by atoms with van der Waals surface area (Å²) >= 11 is 0. The van der Waals surface area contributed by atoms with E-state index in [4.69, 9.17) is 10.00 Å². The van der Waals surface area contributed by atoms with Crippen molar-refractivity contribution < 1.29 is 4.74 Å². The summed E-state index contributed by atoms with van der Waals surface area (Å²) in [4.78, 5) is 0. The average molecular weight is 175 g/mol. The Morgan fingerprint density at radius 3 is 2.46 bits per heavy atom. The van der Waals surface area contributed by atoms with E-state index in [2.05, 4.69) is 6.07 Å². The van der Waals surface area contributed by atoms with Crippen molar-refractivity contribution in [2.24, 2.45) is 0 Å². The van der Waals surface area contributed by atoms with Crippen molar-refractivity contribution in [2.75, 3.05) is 7.11 Å². The van der Waals surface area contributed by atoms with Crippen molar-refractivity contribution in [2.45, 2.75) is 20.3 Å². The Balaban J connectivity index is 3.18. The molecule has 0 amide bonds. The summed E-state index contributed by atoms with van der Waals surface area (Å²) in [5, 5.41) is 8.59. The molecule has 0 bridgehead atoms. The Labute approximate surface area is 78.8 Å². The third-order valence-corrected chi connectivity index (χ3v) is 2.17. The maximum Gasteiger partial charge on any atom is 0.123 e. The Kier molecular flexibility index (Phi) is 2.92. The molecule has 1 aromatic rings. The molecule has 0 aliphatic carbocycles. The predicted molar refractivity (Wildman–Crippen MR) is 51.8 cm³/mol. The summed E-state index contributed by atoms with van der Waals surface area (Å²) in [6.45, 7) is 4.07. The Morgan fingerprint density at radius 1 is 1.31 bits per heavy atom. The van der Waals surface area contributed by atoms with Crippen LogP contribution in [-0.2, 0) is 6.42 Å². The van der Waals surface area contributed by atoms with Crippen LogP contribution in [0.5, 0.6) is 5.75 Å². The molecule has 1 aromatic carbocycles. The molecule has 0 fully saturated rings. The molecule has 0 atom stereocenters. The minimum absolute atomic E-state index is 0.407. The van der Waals surface area contributed by atoms with Gasteiger partial charge in [0.25, 0.3) is 0 Å². The number of methoxy groups -OCH3 is 1. The monoisotopic (exact) mass is 175 g/mol. The number of hydrogen-bond donors (Lipinski definition) is 0. The van der Waals surface area contributed by atoms with Gasteiger partial charge in [-0.15, -0.1) is 0 Å². The number of ether oxygens (including phenoxy) is 1. The summed E-state index contributed by atoms with van der Waals surface area (Å²) < 4.78 is 5.18. The van der Waals surface area contributed by atoms with Gasteiger partial charge < -0.3 is 4.74 Å². The first-order chi connectivity index (χ1) is 6.19. The molecule has 0 aromatic heterocycles. The van der Waals surface area contributed by atoms with Crippen molar-refractivity contribution in [1.82, 2.24) is 0 Å². The highest BCUT2D eigenvalue weighted by molar-refractivity contribution is 5.42. The molecule has 0 radical (unpaired) electrons. The number of rotatable bonds is 2. The molecular formula is C11H13NO. The summed E-state index contributed by atoms with van der Waals surface area (Å²) in [7, 11) is 1.63. The van der Waals surface area contributed by atoms with Gasteiger partial charge in [0.05, 0.1) is 19.6 Å². The molecule has 0 N–H and O–H groups in total. The Morgan fingerprint density at radius 2 is 1.92 bits per heavy atom. The minimum Gasteiger partial charge on any atom is -0.496 e. The van der Waals surface area contributed by atoms with Crippen LogP contribution in [0.4, 0.5) is 0 Å². The Hall–Kier alpha value is -1.49. The van der Waals surface area contributed by atoms with Crippen LogP contribution >= 0.6 is 0 Å². The molecule has 0 aliphatic rings. The van der Waals surface area contributed by atoms with E-state index in [0.29, 0.717) is 6.42 Å². The predicted octanol–water partition coefficient (Wildman–Crippen LogP) is 2.38. The molecule has 68 valence electrons. The van der Waals surface area contributed by atoms with Gasteiger partial charge in [-0.2, -0.15) is 5.26 Å². The fourth-order valence-corrected chi connectivity index (χ4v) is 1.26. The van der Waals surface area contributed by atoms with Crippen LogP contribution in [0, 0.1) is 25.2 Å². The zero-order valence-corrected chi connectivity index (χ0v) is 8.22. The van der Waals surface area contributed by atoms with Crippen LogP contribution in [0.3, 0.4) is 0 Å². The van der Waals surface area contributed by atoms with Gasteiger partial charge in [-0.25, -0.2) is 0 Å². The lowest BCUT2D eigenvalue weighted by molar-refractivity contribution is 0.410. The average Bonchev–Trinajstić information content (AvgIpc) is 2.11. The third-order valence-electron chi connectivity index (χ3n) is 2.17. The number of nitrogens with zero attached hydrogens (tertiary/aromatic N) is 1. The lowest BCUT2D eigenvalue weighted by Gasteiger charge is -2.08. The van der Waals surface area contributed by atoms with Gasteiger partial charge in [-0.3, -0.25) is 0 Å². The van der Waals surface area contributed by atoms with E-state index < -0.39 is 0 Å². The highest BCUT2D eigenvalue weighted by Gasteiger charge is 2.04. The summed E-state index contributed by atoms with van der Waals surface area (Å²) in [5.74, 6) is 0.810. The molecule has 0 unspecified atom stereocenters. The van der Waals surface area contributed by atoms with Crippen molar-refractivity contribution in [1.29, 1.82) is 5.26 Å². The second-order valence-electron chi connectivity index (χ2n) is 3.08. The number of aryl methyl sites for hydroxylation is 2. The van der Waals surface area contributed by atoms with Gasteiger partial charge in [-0.05, 0) is 31.0 Å². The van der Waals surface area contributed by atoms with Gasteiger partial charge in [-0.1, -0.05) is 6.07 Å². The lowest BCUT2D eigenvalue weighted by Crippen LogP contribution is -1.94. The zero-order valence-electron chi connectivity index (χ0n) is 8.22. The lowest BCUT2D eigenvalue weighted by atomic mass is 10.0. The molecule has 2 nitrogen and oxygen atoms in total. The van der Waals surface area contributed by atoms with Crippen molar-refractivity contribution in [3.8, 4) is 11.8 Å². The SMILES string of the molecule is COc1cc(C)c(C)cc1CC#N. The first kappa shape index (κ1) is 9.60. The number of nitriles is 1. The van der Waals surface area contributed by atoms with Crippen molar-refractivity contribution in [3.63, 3.8) is 0 Å². The standard InChI is InChI=1S/C11H13NO/c1-8-6-10(4-5-12)11(13-3)7-9(8)2/h6-7H,4H2,1-3H3. The highest BCUT2D eigenvalue weighted by Crippen LogP contribution is 2.22. The smallest absolute Gasteiger partial charge is 0.123 e. The fourth-order valence-electron chi connectivity index (χ4n) is 1.26. The van der Waals surface area contributed by atoms with Gasteiger partial charge in [0, 0.05) is 5.56 Å². The van der Waals surface area contributed by atoms with Crippen LogP contribution in [0.15, 0.2) is 12.1 Å². The summed E-state index contributed by atoms with van der Waals surface area (Å²) in [6, 6.07) is 6.11. The molecule has 0 spiro atoms. The zero-order chi connectivity index (χ0) is 9.84. The quantitative estimate of drug-likeness (QED) is 0.691. The molecule has 0 saturated carbocycles. The summed E-state index contributed by atoms with van der Waals surface area (Å²) in [6.07, 6.45) is 0.407. The van der Waals surface area contributed by atoms with Crippen molar-refractivity contribution >= 4 is 0 Å². The molecule has 0 saturated heterocycles. The van der Waals surface area contributed by atoms with E-state index in [1.165, 1.54) is 11.1 Å². The second kappa shape index (κ2) is 3.95. The normalized spacial score (nSPS) is 9.38. The maximum atomic E-state index is 8.59. The topological polar surface area (TPSA) is 33.0 Å². The third kappa shape index (κ3) is 2.00. The minimum atomic E-state index is 0.407. The van der Waals surface area contributed by atoms with Crippen LogP contribution in [0.2, 0.25) is 0 Å². The van der Waals surface area contributed by atoms with Crippen LogP contribution in [-0.4, -0.2) is 7.11 Å². The van der Waals surface area contributed by atoms with E-state index in [9.17, 15) is 0 Å². The van der Waals surface area contributed by atoms with E-state index in [0.717, 1.165) is 11.3 Å². The number of hydrogen-bond acceptors (Lipinski definition) is 2. The van der Waals surface area contributed by atoms with E-state index in [1.54, 1.807) is 7.11 Å². The van der Waals surface area contributed by atoms with Crippen molar-refractivity contribution in [3.05, 3.63) is 28.8 Å². The van der Waals surface area contributed by atoms with Gasteiger partial charge in [0.1, 0.15) is 5.75 Å². The van der Waals surface area contributed by atoms with Crippen LogP contribution < -0.4 is 4.74 Å². The fraction of sp³-hybridized carbons (Fsp3) is 0.364. The summed E-state index contributed by atoms with van der Waals surface area (Å²) in [5.41, 5.74) is 3.36. The van der Waals surface area contributed by atoms with Crippen LogP contribution in [0.1, 0.15) is 16.7 Å². The molecule has 1 rings (SSSR count). The van der Waals surface area contributed by atoms with Crippen LogP contribution in [0.25, 0.3) is 0 Å². The second-order valence-corrected chi connectivity index (χ2v) is 3.08. The number of benzene rings is 1. The molecule has 0 aliphatic heterocycles. The Bertz CT molecular complexity index is 350. The van der Waals surface area contributed by atoms with Gasteiger partial charge >= 0.3 is 0 Å². The first-order valence-electron chi connectivity index (χ1n) is 4.20. The molecular weight excluding hydrogens is 162 g/mol. The first-order valence-corrected chi connectivity index (χ1v) is 4.20. The van der Waals surface area contributed by atoms with E-state index >= 15 is 0 Å².